The zero-order valence-electron chi connectivity index (χ0n) is 9.42. The van der Waals surface area contributed by atoms with E-state index in [2.05, 4.69) is 43.6 Å². The molecular formula is C12H21NS. The van der Waals surface area contributed by atoms with Crippen molar-refractivity contribution in [1.29, 1.82) is 0 Å². The monoisotopic (exact) mass is 211 g/mol. The molecule has 0 bridgehead atoms. The first-order valence-corrected chi connectivity index (χ1v) is 6.42. The second-order valence-corrected chi connectivity index (χ2v) is 4.90. The van der Waals surface area contributed by atoms with E-state index >= 15 is 0 Å². The number of hydrogen-bond donors (Lipinski definition) is 1. The lowest BCUT2D eigenvalue weighted by Gasteiger charge is -2.20. The van der Waals surface area contributed by atoms with Crippen molar-refractivity contribution >= 4 is 11.3 Å². The van der Waals surface area contributed by atoms with Gasteiger partial charge in [-0.25, -0.2) is 0 Å². The van der Waals surface area contributed by atoms with Crippen molar-refractivity contribution in [1.82, 2.24) is 5.32 Å². The molecule has 0 aliphatic heterocycles. The molecule has 0 saturated carbocycles. The molecular weight excluding hydrogens is 190 g/mol. The van der Waals surface area contributed by atoms with Gasteiger partial charge in [-0.15, -0.1) is 11.3 Å². The van der Waals surface area contributed by atoms with E-state index in [1.165, 1.54) is 17.7 Å². The first-order valence-electron chi connectivity index (χ1n) is 5.54. The fourth-order valence-electron chi connectivity index (χ4n) is 1.72. The second-order valence-electron chi connectivity index (χ2n) is 3.86. The summed E-state index contributed by atoms with van der Waals surface area (Å²) in [5, 5.41) is 5.81. The highest BCUT2D eigenvalue weighted by Gasteiger charge is 2.08. The van der Waals surface area contributed by atoms with Gasteiger partial charge in [0.25, 0.3) is 0 Å². The van der Waals surface area contributed by atoms with Crippen molar-refractivity contribution in [3.05, 3.63) is 22.4 Å². The van der Waals surface area contributed by atoms with Gasteiger partial charge in [0.1, 0.15) is 0 Å². The van der Waals surface area contributed by atoms with Crippen LogP contribution in [0.15, 0.2) is 17.5 Å². The molecule has 0 aliphatic rings. The van der Waals surface area contributed by atoms with E-state index in [4.69, 9.17) is 0 Å². The Morgan fingerprint density at radius 1 is 1.36 bits per heavy atom. The van der Waals surface area contributed by atoms with E-state index in [9.17, 15) is 0 Å². The highest BCUT2D eigenvalue weighted by molar-refractivity contribution is 7.09. The third-order valence-electron chi connectivity index (χ3n) is 2.59. The summed E-state index contributed by atoms with van der Waals surface area (Å²) in [6, 6.07) is 5.63. The fraction of sp³-hybridized carbons (Fsp3) is 0.667. The highest BCUT2D eigenvalue weighted by atomic mass is 32.1. The summed E-state index contributed by atoms with van der Waals surface area (Å²) in [4.78, 5) is 1.48. The van der Waals surface area contributed by atoms with E-state index < -0.39 is 0 Å². The molecule has 0 aliphatic carbocycles. The largest absolute Gasteiger partial charge is 0.311 e. The molecule has 0 spiro atoms. The Morgan fingerprint density at radius 2 is 2.07 bits per heavy atom. The maximum atomic E-state index is 3.66. The number of thiophene rings is 1. The van der Waals surface area contributed by atoms with Crippen molar-refractivity contribution in [2.45, 2.75) is 52.1 Å². The van der Waals surface area contributed by atoms with Crippen LogP contribution < -0.4 is 5.32 Å². The van der Waals surface area contributed by atoms with Gasteiger partial charge >= 0.3 is 0 Å². The average molecular weight is 211 g/mol. The minimum atomic E-state index is 0.596. The third-order valence-corrected chi connectivity index (χ3v) is 3.49. The summed E-state index contributed by atoms with van der Waals surface area (Å²) in [6.07, 6.45) is 3.62. The molecule has 0 radical (unpaired) electrons. The minimum Gasteiger partial charge on any atom is -0.311 e. The normalized spacial score (nSPS) is 13.4. The number of nitrogens with one attached hydrogen (secondary N) is 1. The Bertz CT molecular complexity index is 226. The Labute approximate surface area is 91.5 Å². The van der Waals surface area contributed by atoms with E-state index in [-0.39, 0.29) is 0 Å². The zero-order chi connectivity index (χ0) is 10.4. The smallest absolute Gasteiger partial charge is 0.00896 e. The summed E-state index contributed by atoms with van der Waals surface area (Å²) in [5.41, 5.74) is 0. The molecule has 80 valence electrons. The molecule has 14 heavy (non-hydrogen) atoms. The van der Waals surface area contributed by atoms with Crippen LogP contribution in [0.25, 0.3) is 0 Å². The van der Waals surface area contributed by atoms with Crippen molar-refractivity contribution in [3.63, 3.8) is 0 Å². The SMILES string of the molecule is CCC(CC)NC(C)Cc1cccs1. The summed E-state index contributed by atoms with van der Waals surface area (Å²) in [6.45, 7) is 6.77. The first-order chi connectivity index (χ1) is 6.76. The maximum absolute atomic E-state index is 3.66. The molecule has 1 aromatic heterocycles. The lowest BCUT2D eigenvalue weighted by Crippen LogP contribution is -2.36. The van der Waals surface area contributed by atoms with Crippen molar-refractivity contribution in [2.75, 3.05) is 0 Å². The Kier molecular flexibility index (Phi) is 5.20. The lowest BCUT2D eigenvalue weighted by atomic mass is 10.1. The second kappa shape index (κ2) is 6.20. The van der Waals surface area contributed by atoms with Crippen LogP contribution in [-0.2, 0) is 6.42 Å². The van der Waals surface area contributed by atoms with Crippen LogP contribution in [-0.4, -0.2) is 12.1 Å². The van der Waals surface area contributed by atoms with Gasteiger partial charge in [-0.2, -0.15) is 0 Å². The van der Waals surface area contributed by atoms with Gasteiger partial charge in [-0.1, -0.05) is 19.9 Å². The molecule has 0 amide bonds. The fourth-order valence-corrected chi connectivity index (χ4v) is 2.55. The maximum Gasteiger partial charge on any atom is 0.00896 e. The van der Waals surface area contributed by atoms with Gasteiger partial charge in [0, 0.05) is 17.0 Å². The lowest BCUT2D eigenvalue weighted by molar-refractivity contribution is 0.423. The predicted octanol–water partition coefficient (Wildman–Crippen LogP) is 3.46. The molecule has 1 rings (SSSR count). The van der Waals surface area contributed by atoms with Crippen molar-refractivity contribution < 1.29 is 0 Å². The number of rotatable bonds is 6. The van der Waals surface area contributed by atoms with Crippen LogP contribution in [0.5, 0.6) is 0 Å². The summed E-state index contributed by atoms with van der Waals surface area (Å²) < 4.78 is 0. The topological polar surface area (TPSA) is 12.0 Å². The number of hydrogen-bond acceptors (Lipinski definition) is 2. The molecule has 2 heteroatoms. The van der Waals surface area contributed by atoms with Gasteiger partial charge in [0.2, 0.25) is 0 Å². The van der Waals surface area contributed by atoms with Gasteiger partial charge in [-0.3, -0.25) is 0 Å². The Balaban J connectivity index is 2.31. The van der Waals surface area contributed by atoms with Crippen LogP contribution >= 0.6 is 11.3 Å². The van der Waals surface area contributed by atoms with E-state index in [0.29, 0.717) is 12.1 Å². The van der Waals surface area contributed by atoms with Crippen molar-refractivity contribution in [3.8, 4) is 0 Å². The van der Waals surface area contributed by atoms with E-state index in [1.54, 1.807) is 0 Å². The van der Waals surface area contributed by atoms with Crippen LogP contribution in [0.1, 0.15) is 38.5 Å². The Morgan fingerprint density at radius 3 is 2.57 bits per heavy atom. The van der Waals surface area contributed by atoms with Crippen LogP contribution in [0.3, 0.4) is 0 Å². The molecule has 1 aromatic rings. The molecule has 1 unspecified atom stereocenters. The van der Waals surface area contributed by atoms with Crippen LogP contribution in [0.4, 0.5) is 0 Å². The van der Waals surface area contributed by atoms with Crippen LogP contribution in [0, 0.1) is 0 Å². The minimum absolute atomic E-state index is 0.596. The van der Waals surface area contributed by atoms with Crippen LogP contribution in [0.2, 0.25) is 0 Å². The average Bonchev–Trinajstić information content (AvgIpc) is 2.66. The van der Waals surface area contributed by atoms with Crippen molar-refractivity contribution in [2.24, 2.45) is 0 Å². The van der Waals surface area contributed by atoms with Gasteiger partial charge < -0.3 is 5.32 Å². The van der Waals surface area contributed by atoms with Gasteiger partial charge in [0.15, 0.2) is 0 Å². The summed E-state index contributed by atoms with van der Waals surface area (Å²) in [5.74, 6) is 0. The molecule has 1 heterocycles. The van der Waals surface area contributed by atoms with Gasteiger partial charge in [0.05, 0.1) is 0 Å². The molecule has 0 fully saturated rings. The zero-order valence-corrected chi connectivity index (χ0v) is 10.2. The predicted molar refractivity (Wildman–Crippen MR) is 65.0 cm³/mol. The standard InChI is InChI=1S/C12H21NS/c1-4-11(5-2)13-10(3)9-12-7-6-8-14-12/h6-8,10-11,13H,4-5,9H2,1-3H3. The molecule has 1 atom stereocenters. The molecule has 1 nitrogen and oxygen atoms in total. The Hall–Kier alpha value is -0.340. The quantitative estimate of drug-likeness (QED) is 0.760. The first kappa shape index (κ1) is 11.7. The highest BCUT2D eigenvalue weighted by Crippen LogP contribution is 2.11. The molecule has 1 N–H and O–H groups in total. The summed E-state index contributed by atoms with van der Waals surface area (Å²) in [7, 11) is 0. The van der Waals surface area contributed by atoms with E-state index in [1.807, 2.05) is 11.3 Å². The third kappa shape index (κ3) is 3.81. The van der Waals surface area contributed by atoms with E-state index in [0.717, 1.165) is 6.42 Å². The molecule has 0 saturated heterocycles. The molecule has 0 aromatic carbocycles. The van der Waals surface area contributed by atoms with Gasteiger partial charge in [-0.05, 0) is 37.6 Å². The summed E-state index contributed by atoms with van der Waals surface area (Å²) >= 11 is 1.85.